The second-order valence-corrected chi connectivity index (χ2v) is 6.97. The standard InChI is InChI=1S/C15H27N3O4/c1-15(2,3)22-14(20)10-5-4-8-17-11(19)7-6-9(16)12-13(18-10)21-12/h9-10,12-13,18H,4-8,16H2,1-3H3,(H,17,19). The topological polar surface area (TPSA) is 106 Å². The average Bonchev–Trinajstić information content (AvgIpc) is 3.15. The molecule has 4 N–H and O–H groups in total. The first-order valence-corrected chi connectivity index (χ1v) is 7.93. The summed E-state index contributed by atoms with van der Waals surface area (Å²) in [6.45, 7) is 6.07. The molecule has 0 spiro atoms. The van der Waals surface area contributed by atoms with E-state index in [-0.39, 0.29) is 30.3 Å². The van der Waals surface area contributed by atoms with Crippen LogP contribution in [0.25, 0.3) is 0 Å². The van der Waals surface area contributed by atoms with E-state index in [0.29, 0.717) is 32.2 Å². The monoisotopic (exact) mass is 313 g/mol. The summed E-state index contributed by atoms with van der Waals surface area (Å²) in [7, 11) is 0. The van der Waals surface area contributed by atoms with Crippen molar-refractivity contribution in [1.29, 1.82) is 0 Å². The molecule has 0 aromatic carbocycles. The lowest BCUT2D eigenvalue weighted by atomic mass is 10.1. The number of rotatable bonds is 1. The second-order valence-electron chi connectivity index (χ2n) is 6.97. The Bertz CT molecular complexity index is 422. The van der Waals surface area contributed by atoms with Gasteiger partial charge in [-0.15, -0.1) is 0 Å². The van der Waals surface area contributed by atoms with Crippen LogP contribution < -0.4 is 16.4 Å². The molecule has 2 rings (SSSR count). The summed E-state index contributed by atoms with van der Waals surface area (Å²) in [5.74, 6) is -0.297. The Balaban J connectivity index is 1.97. The van der Waals surface area contributed by atoms with Gasteiger partial charge in [-0.3, -0.25) is 14.9 Å². The Morgan fingerprint density at radius 2 is 2.09 bits per heavy atom. The number of ether oxygens (including phenoxy) is 2. The summed E-state index contributed by atoms with van der Waals surface area (Å²) in [4.78, 5) is 23.9. The van der Waals surface area contributed by atoms with Gasteiger partial charge in [0.25, 0.3) is 0 Å². The largest absolute Gasteiger partial charge is 0.459 e. The lowest BCUT2D eigenvalue weighted by molar-refractivity contribution is -0.158. The smallest absolute Gasteiger partial charge is 0.323 e. The number of fused-ring (bicyclic) bond motifs is 1. The number of carbonyl (C=O) groups is 2. The molecule has 2 aliphatic rings. The molecule has 2 aliphatic heterocycles. The van der Waals surface area contributed by atoms with Crippen LogP contribution in [0, 0.1) is 0 Å². The quantitative estimate of drug-likeness (QED) is 0.466. The summed E-state index contributed by atoms with van der Waals surface area (Å²) in [5, 5.41) is 6.03. The van der Waals surface area contributed by atoms with Gasteiger partial charge in [0.15, 0.2) is 0 Å². The van der Waals surface area contributed by atoms with Gasteiger partial charge in [-0.05, 0) is 40.0 Å². The highest BCUT2D eigenvalue weighted by Gasteiger charge is 2.45. The maximum Gasteiger partial charge on any atom is 0.323 e. The maximum atomic E-state index is 12.3. The van der Waals surface area contributed by atoms with E-state index in [2.05, 4.69) is 10.6 Å². The molecule has 1 amide bonds. The molecule has 0 aromatic rings. The summed E-state index contributed by atoms with van der Waals surface area (Å²) in [5.41, 5.74) is 5.49. The third-order valence-corrected chi connectivity index (χ3v) is 3.70. The van der Waals surface area contributed by atoms with Crippen molar-refractivity contribution in [2.45, 2.75) is 76.5 Å². The molecule has 0 radical (unpaired) electrons. The molecule has 126 valence electrons. The molecule has 2 saturated heterocycles. The Kier molecular flexibility index (Phi) is 5.41. The second kappa shape index (κ2) is 6.93. The summed E-state index contributed by atoms with van der Waals surface area (Å²) in [6, 6.07) is -0.653. The zero-order chi connectivity index (χ0) is 16.3. The van der Waals surface area contributed by atoms with E-state index in [4.69, 9.17) is 15.2 Å². The highest BCUT2D eigenvalue weighted by atomic mass is 16.6. The fourth-order valence-electron chi connectivity index (χ4n) is 2.51. The number of nitrogens with one attached hydrogen (secondary N) is 2. The lowest BCUT2D eigenvalue weighted by Gasteiger charge is -2.24. The van der Waals surface area contributed by atoms with Crippen molar-refractivity contribution in [2.24, 2.45) is 5.73 Å². The molecule has 2 heterocycles. The molecule has 0 saturated carbocycles. The van der Waals surface area contributed by atoms with Crippen molar-refractivity contribution in [3.63, 3.8) is 0 Å². The first-order valence-electron chi connectivity index (χ1n) is 7.93. The van der Waals surface area contributed by atoms with Gasteiger partial charge in [-0.2, -0.15) is 0 Å². The molecule has 22 heavy (non-hydrogen) atoms. The Hall–Kier alpha value is -1.18. The van der Waals surface area contributed by atoms with Gasteiger partial charge >= 0.3 is 5.97 Å². The van der Waals surface area contributed by atoms with E-state index in [9.17, 15) is 9.59 Å². The molecule has 0 aliphatic carbocycles. The molecule has 0 aromatic heterocycles. The molecule has 7 heteroatoms. The van der Waals surface area contributed by atoms with Gasteiger partial charge in [-0.1, -0.05) is 0 Å². The van der Waals surface area contributed by atoms with Gasteiger partial charge < -0.3 is 20.5 Å². The van der Waals surface area contributed by atoms with Crippen LogP contribution >= 0.6 is 0 Å². The minimum Gasteiger partial charge on any atom is -0.459 e. The third kappa shape index (κ3) is 5.23. The van der Waals surface area contributed by atoms with Crippen LogP contribution in [0.3, 0.4) is 0 Å². The zero-order valence-corrected chi connectivity index (χ0v) is 13.6. The zero-order valence-electron chi connectivity index (χ0n) is 13.6. The van der Waals surface area contributed by atoms with Crippen LogP contribution in [-0.4, -0.2) is 48.4 Å². The van der Waals surface area contributed by atoms with Crippen LogP contribution in [0.15, 0.2) is 0 Å². The predicted octanol–water partition coefficient (Wildman–Crippen LogP) is 0.0287. The van der Waals surface area contributed by atoms with Gasteiger partial charge in [0.2, 0.25) is 5.91 Å². The molecule has 0 bridgehead atoms. The molecule has 4 atom stereocenters. The molecule has 2 fully saturated rings. The predicted molar refractivity (Wildman–Crippen MR) is 80.9 cm³/mol. The van der Waals surface area contributed by atoms with Gasteiger partial charge in [0.1, 0.15) is 24.0 Å². The lowest BCUT2D eigenvalue weighted by Crippen LogP contribution is -2.45. The highest BCUT2D eigenvalue weighted by Crippen LogP contribution is 2.26. The Labute approximate surface area is 131 Å². The van der Waals surface area contributed by atoms with Crippen LogP contribution in [0.5, 0.6) is 0 Å². The fraction of sp³-hybridized carbons (Fsp3) is 0.867. The fourth-order valence-corrected chi connectivity index (χ4v) is 2.51. The normalized spacial score (nSPS) is 33.7. The van der Waals surface area contributed by atoms with E-state index >= 15 is 0 Å². The van der Waals surface area contributed by atoms with Crippen molar-refractivity contribution in [2.75, 3.05) is 6.54 Å². The Morgan fingerprint density at radius 1 is 1.36 bits per heavy atom. The number of hydrogen-bond acceptors (Lipinski definition) is 6. The van der Waals surface area contributed by atoms with Crippen molar-refractivity contribution in [3.05, 3.63) is 0 Å². The minimum absolute atomic E-state index is 0.00463. The van der Waals surface area contributed by atoms with Crippen molar-refractivity contribution in [1.82, 2.24) is 10.6 Å². The number of epoxide rings is 1. The summed E-state index contributed by atoms with van der Waals surface area (Å²) >= 11 is 0. The van der Waals surface area contributed by atoms with E-state index in [1.165, 1.54) is 0 Å². The maximum absolute atomic E-state index is 12.3. The van der Waals surface area contributed by atoms with Crippen LogP contribution in [0.4, 0.5) is 0 Å². The molecular weight excluding hydrogens is 286 g/mol. The minimum atomic E-state index is -0.531. The van der Waals surface area contributed by atoms with Crippen LogP contribution in [0.2, 0.25) is 0 Å². The van der Waals surface area contributed by atoms with E-state index < -0.39 is 11.6 Å². The first-order chi connectivity index (χ1) is 10.3. The highest BCUT2D eigenvalue weighted by molar-refractivity contribution is 5.77. The number of carbonyl (C=O) groups excluding carboxylic acids is 2. The van der Waals surface area contributed by atoms with E-state index in [1.807, 2.05) is 20.8 Å². The van der Waals surface area contributed by atoms with E-state index in [0.717, 1.165) is 0 Å². The van der Waals surface area contributed by atoms with E-state index in [1.54, 1.807) is 0 Å². The Morgan fingerprint density at radius 3 is 2.77 bits per heavy atom. The molecule has 4 unspecified atom stereocenters. The van der Waals surface area contributed by atoms with Gasteiger partial charge in [0.05, 0.1) is 0 Å². The third-order valence-electron chi connectivity index (χ3n) is 3.70. The summed E-state index contributed by atoms with van der Waals surface area (Å²) in [6.07, 6.45) is 1.89. The number of hydrogen-bond donors (Lipinski definition) is 3. The molecule has 7 nitrogen and oxygen atoms in total. The first kappa shape index (κ1) is 17.2. The van der Waals surface area contributed by atoms with Crippen LogP contribution in [0.1, 0.15) is 46.5 Å². The van der Waals surface area contributed by atoms with Crippen LogP contribution in [-0.2, 0) is 19.1 Å². The SMILES string of the molecule is CC(C)(C)OC(=O)C1CCCNC(=O)CCC(N)C2OC2N1. The average molecular weight is 313 g/mol. The van der Waals surface area contributed by atoms with Crippen molar-refractivity contribution in [3.8, 4) is 0 Å². The molecular formula is C15H27N3O4. The number of esters is 1. The van der Waals surface area contributed by atoms with Gasteiger partial charge in [0, 0.05) is 19.0 Å². The van der Waals surface area contributed by atoms with Crippen molar-refractivity contribution < 1.29 is 19.1 Å². The van der Waals surface area contributed by atoms with Gasteiger partial charge in [-0.25, -0.2) is 0 Å². The number of nitrogens with two attached hydrogens (primary N) is 1. The number of amides is 1. The summed E-state index contributed by atoms with van der Waals surface area (Å²) < 4.78 is 11.0. The van der Waals surface area contributed by atoms with Crippen molar-refractivity contribution >= 4 is 11.9 Å².